The fourth-order valence-corrected chi connectivity index (χ4v) is 2.06. The van der Waals surface area contributed by atoms with E-state index < -0.39 is 0 Å². The molecule has 1 heterocycles. The average Bonchev–Trinajstić information content (AvgIpc) is 3.12. The van der Waals surface area contributed by atoms with Crippen LogP contribution >= 0.6 is 11.6 Å². The van der Waals surface area contributed by atoms with Crippen molar-refractivity contribution in [3.8, 4) is 0 Å². The molecule has 1 saturated carbocycles. The lowest BCUT2D eigenvalue weighted by Gasteiger charge is -2.23. The van der Waals surface area contributed by atoms with Gasteiger partial charge in [-0.3, -0.25) is 0 Å². The van der Waals surface area contributed by atoms with E-state index in [9.17, 15) is 0 Å². The van der Waals surface area contributed by atoms with E-state index in [0.717, 1.165) is 30.4 Å². The fourth-order valence-electron chi connectivity index (χ4n) is 1.90. The van der Waals surface area contributed by atoms with Gasteiger partial charge in [-0.25, -0.2) is 4.98 Å². The van der Waals surface area contributed by atoms with Gasteiger partial charge in [-0.15, -0.1) is 11.6 Å². The maximum Gasteiger partial charge on any atom is 0.128 e. The van der Waals surface area contributed by atoms with Gasteiger partial charge in [-0.2, -0.15) is 0 Å². The second kappa shape index (κ2) is 5.53. The Balaban J connectivity index is 2.08. The molecule has 0 unspecified atom stereocenters. The number of aromatic nitrogens is 1. The summed E-state index contributed by atoms with van der Waals surface area (Å²) >= 11 is 5.85. The number of nitrogens with zero attached hydrogens (tertiary/aromatic N) is 2. The summed E-state index contributed by atoms with van der Waals surface area (Å²) < 4.78 is 0. The highest BCUT2D eigenvalue weighted by molar-refractivity contribution is 6.17. The Morgan fingerprint density at radius 1 is 1.50 bits per heavy atom. The van der Waals surface area contributed by atoms with Crippen LogP contribution in [0.3, 0.4) is 0 Å². The summed E-state index contributed by atoms with van der Waals surface area (Å²) in [6, 6.07) is 4.10. The number of halogens is 1. The largest absolute Gasteiger partial charge is 0.356 e. The summed E-state index contributed by atoms with van der Waals surface area (Å²) in [6.07, 6.45) is 5.80. The molecule has 3 heteroatoms. The van der Waals surface area contributed by atoms with Crippen LogP contribution in [0.4, 0.5) is 5.82 Å². The average molecular weight is 239 g/mol. The summed E-state index contributed by atoms with van der Waals surface area (Å²) in [5, 5.41) is 0. The van der Waals surface area contributed by atoms with Crippen LogP contribution in [0.15, 0.2) is 18.3 Å². The Bertz CT molecular complexity index is 336. The Labute approximate surface area is 103 Å². The predicted molar refractivity (Wildman–Crippen MR) is 69.0 cm³/mol. The summed E-state index contributed by atoms with van der Waals surface area (Å²) in [6.45, 7) is 4.47. The van der Waals surface area contributed by atoms with Crippen LogP contribution in [-0.2, 0) is 5.88 Å². The van der Waals surface area contributed by atoms with E-state index in [-0.39, 0.29) is 0 Å². The highest BCUT2D eigenvalue weighted by atomic mass is 35.5. The molecule has 0 spiro atoms. The molecule has 2 rings (SSSR count). The van der Waals surface area contributed by atoms with Crippen molar-refractivity contribution in [2.45, 2.75) is 32.1 Å². The minimum absolute atomic E-state index is 0.568. The molecule has 1 aromatic rings. The highest BCUT2D eigenvalue weighted by Crippen LogP contribution is 2.31. The van der Waals surface area contributed by atoms with Gasteiger partial charge in [0.1, 0.15) is 5.82 Å². The predicted octanol–water partition coefficient (Wildman–Crippen LogP) is 3.45. The van der Waals surface area contributed by atoms with Crippen molar-refractivity contribution in [3.05, 3.63) is 23.9 Å². The monoisotopic (exact) mass is 238 g/mol. The third-order valence-corrected chi connectivity index (χ3v) is 3.27. The lowest BCUT2D eigenvalue weighted by molar-refractivity contribution is 0.699. The van der Waals surface area contributed by atoms with Gasteiger partial charge < -0.3 is 4.90 Å². The molecule has 0 aromatic carbocycles. The van der Waals surface area contributed by atoms with E-state index in [1.165, 1.54) is 19.3 Å². The van der Waals surface area contributed by atoms with E-state index in [2.05, 4.69) is 22.9 Å². The van der Waals surface area contributed by atoms with Crippen molar-refractivity contribution in [2.24, 2.45) is 5.92 Å². The van der Waals surface area contributed by atoms with Gasteiger partial charge in [0.05, 0.1) is 0 Å². The van der Waals surface area contributed by atoms with Crippen LogP contribution in [-0.4, -0.2) is 18.1 Å². The third kappa shape index (κ3) is 3.11. The third-order valence-electron chi connectivity index (χ3n) is 2.96. The molecule has 1 aliphatic rings. The molecule has 16 heavy (non-hydrogen) atoms. The molecular formula is C13H19ClN2. The molecule has 1 aromatic heterocycles. The highest BCUT2D eigenvalue weighted by Gasteiger charge is 2.24. The van der Waals surface area contributed by atoms with Crippen molar-refractivity contribution in [1.82, 2.24) is 4.98 Å². The van der Waals surface area contributed by atoms with Gasteiger partial charge in [0.15, 0.2) is 0 Å². The van der Waals surface area contributed by atoms with Crippen LogP contribution in [0, 0.1) is 5.92 Å². The number of anilines is 1. The molecule has 1 fully saturated rings. The second-order valence-corrected chi connectivity index (χ2v) is 4.81. The first-order chi connectivity index (χ1) is 7.83. The lowest BCUT2D eigenvalue weighted by Crippen LogP contribution is -2.27. The van der Waals surface area contributed by atoms with Gasteiger partial charge in [0.25, 0.3) is 0 Å². The summed E-state index contributed by atoms with van der Waals surface area (Å²) in [4.78, 5) is 6.85. The first-order valence-electron chi connectivity index (χ1n) is 6.09. The van der Waals surface area contributed by atoms with E-state index in [4.69, 9.17) is 11.6 Å². The van der Waals surface area contributed by atoms with Crippen molar-refractivity contribution >= 4 is 17.4 Å². The van der Waals surface area contributed by atoms with Crippen molar-refractivity contribution in [3.63, 3.8) is 0 Å². The van der Waals surface area contributed by atoms with Gasteiger partial charge in [0.2, 0.25) is 0 Å². The van der Waals surface area contributed by atoms with Gasteiger partial charge in [0, 0.05) is 25.2 Å². The first-order valence-corrected chi connectivity index (χ1v) is 6.62. The number of hydrogen-bond acceptors (Lipinski definition) is 2. The Hall–Kier alpha value is -0.760. The molecule has 0 radical (unpaired) electrons. The standard InChI is InChI=1S/C13H19ClN2/c1-2-7-16(10-11-3-4-11)13-8-12(9-14)5-6-15-13/h5-6,8,11H,2-4,7,9-10H2,1H3. The summed E-state index contributed by atoms with van der Waals surface area (Å²) in [7, 11) is 0. The zero-order valence-electron chi connectivity index (χ0n) is 9.82. The molecule has 2 nitrogen and oxygen atoms in total. The number of hydrogen-bond donors (Lipinski definition) is 0. The van der Waals surface area contributed by atoms with Crippen molar-refractivity contribution in [1.29, 1.82) is 0 Å². The molecule has 0 N–H and O–H groups in total. The minimum Gasteiger partial charge on any atom is -0.356 e. The maximum absolute atomic E-state index is 5.85. The Morgan fingerprint density at radius 2 is 2.31 bits per heavy atom. The summed E-state index contributed by atoms with van der Waals surface area (Å²) in [5.41, 5.74) is 1.16. The molecule has 0 atom stereocenters. The fraction of sp³-hybridized carbons (Fsp3) is 0.615. The van der Waals surface area contributed by atoms with Crippen LogP contribution in [0.25, 0.3) is 0 Å². The quantitative estimate of drug-likeness (QED) is 0.706. The number of alkyl halides is 1. The van der Waals surface area contributed by atoms with Crippen LogP contribution in [0.2, 0.25) is 0 Å². The lowest BCUT2D eigenvalue weighted by atomic mass is 10.2. The Morgan fingerprint density at radius 3 is 2.94 bits per heavy atom. The second-order valence-electron chi connectivity index (χ2n) is 4.55. The van der Waals surface area contributed by atoms with E-state index >= 15 is 0 Å². The maximum atomic E-state index is 5.85. The van der Waals surface area contributed by atoms with E-state index in [1.807, 2.05) is 12.3 Å². The normalized spacial score (nSPS) is 15.1. The topological polar surface area (TPSA) is 16.1 Å². The van der Waals surface area contributed by atoms with Crippen molar-refractivity contribution in [2.75, 3.05) is 18.0 Å². The van der Waals surface area contributed by atoms with Crippen LogP contribution in [0.5, 0.6) is 0 Å². The van der Waals surface area contributed by atoms with Crippen molar-refractivity contribution < 1.29 is 0 Å². The zero-order valence-corrected chi connectivity index (χ0v) is 10.6. The molecule has 0 saturated heterocycles. The number of pyridine rings is 1. The summed E-state index contributed by atoms with van der Waals surface area (Å²) in [5.74, 6) is 2.55. The molecule has 0 amide bonds. The minimum atomic E-state index is 0.568. The molecule has 1 aliphatic carbocycles. The smallest absolute Gasteiger partial charge is 0.128 e. The molecule has 0 aliphatic heterocycles. The first kappa shape index (κ1) is 11.7. The van der Waals surface area contributed by atoms with Crippen LogP contribution < -0.4 is 4.90 Å². The number of rotatable bonds is 6. The Kier molecular flexibility index (Phi) is 4.05. The molecular weight excluding hydrogens is 220 g/mol. The molecule has 88 valence electrons. The van der Waals surface area contributed by atoms with Gasteiger partial charge in [-0.05, 0) is 42.9 Å². The molecule has 0 bridgehead atoms. The van der Waals surface area contributed by atoms with Crippen LogP contribution in [0.1, 0.15) is 31.7 Å². The van der Waals surface area contributed by atoms with E-state index in [1.54, 1.807) is 0 Å². The van der Waals surface area contributed by atoms with E-state index in [0.29, 0.717) is 5.88 Å². The zero-order chi connectivity index (χ0) is 11.4. The van der Waals surface area contributed by atoms with Gasteiger partial charge in [-0.1, -0.05) is 6.92 Å². The van der Waals surface area contributed by atoms with Gasteiger partial charge >= 0.3 is 0 Å². The SMILES string of the molecule is CCCN(CC1CC1)c1cc(CCl)ccn1.